The van der Waals surface area contributed by atoms with Crippen molar-refractivity contribution in [2.24, 2.45) is 0 Å². The SMILES string of the molecule is CC(c1noc(-c2ccn[nH]2)n1)N1CCNCC1. The summed E-state index contributed by atoms with van der Waals surface area (Å²) >= 11 is 0. The molecule has 1 atom stereocenters. The maximum atomic E-state index is 5.25. The average Bonchev–Trinajstić information content (AvgIpc) is 3.09. The van der Waals surface area contributed by atoms with E-state index in [0.717, 1.165) is 37.7 Å². The van der Waals surface area contributed by atoms with Crippen molar-refractivity contribution in [3.8, 4) is 11.6 Å². The summed E-state index contributed by atoms with van der Waals surface area (Å²) in [6.45, 7) is 6.14. The van der Waals surface area contributed by atoms with E-state index in [2.05, 4.69) is 37.5 Å². The molecule has 1 aliphatic heterocycles. The van der Waals surface area contributed by atoms with Crippen LogP contribution < -0.4 is 5.32 Å². The van der Waals surface area contributed by atoms with Crippen LogP contribution in [0.5, 0.6) is 0 Å². The molecule has 0 aliphatic carbocycles. The molecule has 3 heterocycles. The van der Waals surface area contributed by atoms with Crippen molar-refractivity contribution >= 4 is 0 Å². The van der Waals surface area contributed by atoms with E-state index in [-0.39, 0.29) is 6.04 Å². The second kappa shape index (κ2) is 4.87. The molecule has 18 heavy (non-hydrogen) atoms. The summed E-state index contributed by atoms with van der Waals surface area (Å²) in [5.74, 6) is 1.21. The molecule has 2 N–H and O–H groups in total. The summed E-state index contributed by atoms with van der Waals surface area (Å²) in [5.41, 5.74) is 0.751. The van der Waals surface area contributed by atoms with E-state index in [1.807, 2.05) is 6.07 Å². The Balaban J connectivity index is 1.76. The van der Waals surface area contributed by atoms with E-state index >= 15 is 0 Å². The Hall–Kier alpha value is -1.73. The minimum Gasteiger partial charge on any atom is -0.332 e. The first kappa shape index (κ1) is 11.4. The second-order valence-electron chi connectivity index (χ2n) is 4.39. The molecule has 0 saturated carbocycles. The monoisotopic (exact) mass is 248 g/mol. The minimum atomic E-state index is 0.174. The van der Waals surface area contributed by atoms with Crippen molar-refractivity contribution < 1.29 is 4.52 Å². The smallest absolute Gasteiger partial charge is 0.275 e. The number of hydrogen-bond donors (Lipinski definition) is 2. The highest BCUT2D eigenvalue weighted by atomic mass is 16.5. The van der Waals surface area contributed by atoms with Crippen LogP contribution in [0.15, 0.2) is 16.8 Å². The van der Waals surface area contributed by atoms with Crippen molar-refractivity contribution in [3.05, 3.63) is 18.1 Å². The minimum absolute atomic E-state index is 0.174. The summed E-state index contributed by atoms with van der Waals surface area (Å²) < 4.78 is 5.25. The van der Waals surface area contributed by atoms with Gasteiger partial charge in [-0.3, -0.25) is 10.00 Å². The van der Waals surface area contributed by atoms with Gasteiger partial charge in [0, 0.05) is 32.4 Å². The van der Waals surface area contributed by atoms with E-state index in [9.17, 15) is 0 Å². The van der Waals surface area contributed by atoms with Gasteiger partial charge in [0.25, 0.3) is 5.89 Å². The van der Waals surface area contributed by atoms with Crippen molar-refractivity contribution in [1.82, 2.24) is 30.6 Å². The van der Waals surface area contributed by atoms with Crippen LogP contribution in [0.2, 0.25) is 0 Å². The van der Waals surface area contributed by atoms with Gasteiger partial charge in [-0.2, -0.15) is 10.1 Å². The third-order valence-corrected chi connectivity index (χ3v) is 3.25. The summed E-state index contributed by atoms with van der Waals surface area (Å²) in [5, 5.41) is 14.1. The lowest BCUT2D eigenvalue weighted by Gasteiger charge is -2.30. The third-order valence-electron chi connectivity index (χ3n) is 3.25. The molecule has 1 unspecified atom stereocenters. The predicted octanol–water partition coefficient (Wildman–Crippen LogP) is 0.426. The van der Waals surface area contributed by atoms with Gasteiger partial charge in [-0.1, -0.05) is 5.16 Å². The molecule has 2 aromatic rings. The third kappa shape index (κ3) is 2.14. The highest BCUT2D eigenvalue weighted by Crippen LogP contribution is 2.20. The van der Waals surface area contributed by atoms with Crippen LogP contribution in [0.4, 0.5) is 0 Å². The quantitative estimate of drug-likeness (QED) is 0.819. The van der Waals surface area contributed by atoms with E-state index in [0.29, 0.717) is 5.89 Å². The molecule has 1 fully saturated rings. The van der Waals surface area contributed by atoms with Crippen LogP contribution >= 0.6 is 0 Å². The Morgan fingerprint density at radius 3 is 2.94 bits per heavy atom. The van der Waals surface area contributed by atoms with E-state index in [1.165, 1.54) is 0 Å². The maximum Gasteiger partial charge on any atom is 0.275 e. The summed E-state index contributed by atoms with van der Waals surface area (Å²) in [7, 11) is 0. The lowest BCUT2D eigenvalue weighted by atomic mass is 10.2. The zero-order chi connectivity index (χ0) is 12.4. The molecule has 3 rings (SSSR count). The van der Waals surface area contributed by atoms with Gasteiger partial charge in [0.15, 0.2) is 5.82 Å². The number of piperazine rings is 1. The molecule has 1 aliphatic rings. The first-order chi connectivity index (χ1) is 8.84. The zero-order valence-electron chi connectivity index (χ0n) is 10.3. The van der Waals surface area contributed by atoms with Crippen molar-refractivity contribution in [2.75, 3.05) is 26.2 Å². The molecule has 0 bridgehead atoms. The molecule has 0 amide bonds. The number of aromatic amines is 1. The molecule has 7 nitrogen and oxygen atoms in total. The molecule has 96 valence electrons. The summed E-state index contributed by atoms with van der Waals surface area (Å²) in [4.78, 5) is 6.76. The molecule has 0 aromatic carbocycles. The standard InChI is InChI=1S/C11H16N6O/c1-8(17-6-4-12-5-7-17)10-14-11(18-16-10)9-2-3-13-15-9/h2-3,8,12H,4-7H2,1H3,(H,13,15). The van der Waals surface area contributed by atoms with Crippen molar-refractivity contribution in [1.29, 1.82) is 0 Å². The zero-order valence-corrected chi connectivity index (χ0v) is 10.3. The lowest BCUT2D eigenvalue weighted by Crippen LogP contribution is -2.44. The van der Waals surface area contributed by atoms with Gasteiger partial charge >= 0.3 is 0 Å². The van der Waals surface area contributed by atoms with E-state index < -0.39 is 0 Å². The first-order valence-corrected chi connectivity index (χ1v) is 6.13. The first-order valence-electron chi connectivity index (χ1n) is 6.13. The lowest BCUT2D eigenvalue weighted by molar-refractivity contribution is 0.176. The van der Waals surface area contributed by atoms with Crippen LogP contribution in [0.25, 0.3) is 11.6 Å². The molecule has 0 radical (unpaired) electrons. The van der Waals surface area contributed by atoms with E-state index in [4.69, 9.17) is 4.52 Å². The van der Waals surface area contributed by atoms with Crippen molar-refractivity contribution in [3.63, 3.8) is 0 Å². The van der Waals surface area contributed by atoms with Gasteiger partial charge in [0.2, 0.25) is 0 Å². The van der Waals surface area contributed by atoms with Crippen molar-refractivity contribution in [2.45, 2.75) is 13.0 Å². The van der Waals surface area contributed by atoms with Gasteiger partial charge in [-0.05, 0) is 13.0 Å². The normalized spacial score (nSPS) is 18.9. The Morgan fingerprint density at radius 2 is 2.22 bits per heavy atom. The Bertz CT molecular complexity index is 487. The Kier molecular flexibility index (Phi) is 3.07. The highest BCUT2D eigenvalue weighted by molar-refractivity contribution is 5.44. The fourth-order valence-electron chi connectivity index (χ4n) is 2.12. The number of nitrogens with zero attached hydrogens (tertiary/aromatic N) is 4. The molecule has 7 heteroatoms. The Morgan fingerprint density at radius 1 is 1.39 bits per heavy atom. The molecular formula is C11H16N6O. The van der Waals surface area contributed by atoms with Crippen LogP contribution in [0.3, 0.4) is 0 Å². The fourth-order valence-corrected chi connectivity index (χ4v) is 2.12. The maximum absolute atomic E-state index is 5.25. The largest absolute Gasteiger partial charge is 0.332 e. The highest BCUT2D eigenvalue weighted by Gasteiger charge is 2.22. The number of rotatable bonds is 3. The van der Waals surface area contributed by atoms with Gasteiger partial charge in [-0.15, -0.1) is 0 Å². The molecular weight excluding hydrogens is 232 g/mol. The number of H-pyrrole nitrogens is 1. The average molecular weight is 248 g/mol. The molecule has 0 spiro atoms. The number of aromatic nitrogens is 4. The second-order valence-corrected chi connectivity index (χ2v) is 4.39. The van der Waals surface area contributed by atoms with Crippen LogP contribution in [-0.2, 0) is 0 Å². The Labute approximate surface area is 105 Å². The van der Waals surface area contributed by atoms with E-state index in [1.54, 1.807) is 6.20 Å². The van der Waals surface area contributed by atoms with Gasteiger partial charge in [-0.25, -0.2) is 0 Å². The summed E-state index contributed by atoms with van der Waals surface area (Å²) in [6.07, 6.45) is 1.67. The van der Waals surface area contributed by atoms with Gasteiger partial charge in [0.05, 0.1) is 6.04 Å². The number of nitrogens with one attached hydrogen (secondary N) is 2. The fraction of sp³-hybridized carbons (Fsp3) is 0.545. The molecule has 2 aromatic heterocycles. The van der Waals surface area contributed by atoms with Crippen LogP contribution in [0, 0.1) is 0 Å². The summed E-state index contributed by atoms with van der Waals surface area (Å²) in [6, 6.07) is 1.99. The predicted molar refractivity (Wildman–Crippen MR) is 64.7 cm³/mol. The van der Waals surface area contributed by atoms with Gasteiger partial charge < -0.3 is 9.84 Å². The van der Waals surface area contributed by atoms with Crippen LogP contribution in [-0.4, -0.2) is 51.4 Å². The molecule has 1 saturated heterocycles. The number of hydrogen-bond acceptors (Lipinski definition) is 6. The van der Waals surface area contributed by atoms with Crippen LogP contribution in [0.1, 0.15) is 18.8 Å². The topological polar surface area (TPSA) is 82.9 Å². The van der Waals surface area contributed by atoms with Gasteiger partial charge in [0.1, 0.15) is 5.69 Å².